The molecule has 1 heterocycles. The Morgan fingerprint density at radius 1 is 1.35 bits per heavy atom. The van der Waals surface area contributed by atoms with Crippen molar-refractivity contribution in [2.24, 2.45) is 0 Å². The van der Waals surface area contributed by atoms with E-state index in [-0.39, 0.29) is 11.8 Å². The lowest BCUT2D eigenvalue weighted by molar-refractivity contribution is -0.120. The summed E-state index contributed by atoms with van der Waals surface area (Å²) in [4.78, 5) is 15.7. The molecule has 1 atom stereocenters. The number of amides is 1. The second-order valence-corrected chi connectivity index (χ2v) is 4.56. The molecule has 0 aliphatic rings. The van der Waals surface area contributed by atoms with E-state index < -0.39 is 0 Å². The van der Waals surface area contributed by atoms with Gasteiger partial charge in [0.1, 0.15) is 0 Å². The van der Waals surface area contributed by atoms with Crippen molar-refractivity contribution >= 4 is 5.91 Å². The van der Waals surface area contributed by atoms with Gasteiger partial charge in [-0.15, -0.1) is 0 Å². The van der Waals surface area contributed by atoms with Gasteiger partial charge in [-0.1, -0.05) is 42.4 Å². The summed E-state index contributed by atoms with van der Waals surface area (Å²) < 4.78 is 5.25. The lowest BCUT2D eigenvalue weighted by atomic mass is 10.2. The van der Waals surface area contributed by atoms with Gasteiger partial charge in [0.15, 0.2) is 0 Å². The van der Waals surface area contributed by atoms with Crippen LogP contribution in [0.4, 0.5) is 0 Å². The third-order valence-corrected chi connectivity index (χ3v) is 2.84. The van der Waals surface area contributed by atoms with E-state index in [4.69, 9.17) is 4.52 Å². The quantitative estimate of drug-likeness (QED) is 0.826. The number of rotatable bonds is 6. The van der Waals surface area contributed by atoms with Gasteiger partial charge < -0.3 is 15.2 Å². The molecule has 2 aromatic rings. The summed E-state index contributed by atoms with van der Waals surface area (Å²) in [6, 6.07) is 9.63. The topological polar surface area (TPSA) is 80.0 Å². The maximum Gasteiger partial charge on any atom is 0.233 e. The molecule has 2 N–H and O–H groups in total. The predicted octanol–water partition coefficient (Wildman–Crippen LogP) is 1.18. The Morgan fingerprint density at radius 3 is 2.80 bits per heavy atom. The van der Waals surface area contributed by atoms with Crippen LogP contribution in [0.25, 0.3) is 11.4 Å². The van der Waals surface area contributed by atoms with Crippen LogP contribution >= 0.6 is 0 Å². The van der Waals surface area contributed by atoms with Crippen LogP contribution in [0.15, 0.2) is 34.9 Å². The van der Waals surface area contributed by atoms with Crippen molar-refractivity contribution in [2.45, 2.75) is 12.8 Å². The number of benzene rings is 1. The zero-order chi connectivity index (χ0) is 14.4. The molecule has 1 unspecified atom stereocenters. The second-order valence-electron chi connectivity index (χ2n) is 4.56. The van der Waals surface area contributed by atoms with Crippen LogP contribution in [0.2, 0.25) is 0 Å². The van der Waals surface area contributed by atoms with Crippen molar-refractivity contribution < 1.29 is 9.32 Å². The van der Waals surface area contributed by atoms with Crippen LogP contribution in [0.5, 0.6) is 0 Å². The van der Waals surface area contributed by atoms with Gasteiger partial charge in [-0.05, 0) is 7.05 Å². The highest BCUT2D eigenvalue weighted by molar-refractivity contribution is 5.77. The van der Waals surface area contributed by atoms with Crippen molar-refractivity contribution in [1.29, 1.82) is 0 Å². The highest BCUT2D eigenvalue weighted by atomic mass is 16.5. The van der Waals surface area contributed by atoms with Gasteiger partial charge >= 0.3 is 0 Å². The molecule has 0 aliphatic heterocycles. The van der Waals surface area contributed by atoms with Gasteiger partial charge in [-0.25, -0.2) is 0 Å². The SMILES string of the molecule is CNCC(=O)NCC(C)c1nc(-c2ccccc2)no1. The summed E-state index contributed by atoms with van der Waals surface area (Å²) in [5.41, 5.74) is 0.911. The third-order valence-electron chi connectivity index (χ3n) is 2.84. The molecule has 20 heavy (non-hydrogen) atoms. The predicted molar refractivity (Wildman–Crippen MR) is 75.1 cm³/mol. The number of hydrogen-bond acceptors (Lipinski definition) is 5. The number of likely N-dealkylation sites (N-methyl/N-ethyl adjacent to an activating group) is 1. The van der Waals surface area contributed by atoms with Gasteiger partial charge in [-0.3, -0.25) is 4.79 Å². The van der Waals surface area contributed by atoms with Gasteiger partial charge in [0.2, 0.25) is 17.6 Å². The molecular formula is C14H18N4O2. The van der Waals surface area contributed by atoms with Crippen LogP contribution in [-0.4, -0.2) is 36.2 Å². The fraction of sp³-hybridized carbons (Fsp3) is 0.357. The first-order chi connectivity index (χ1) is 9.70. The molecule has 0 spiro atoms. The Morgan fingerprint density at radius 2 is 2.10 bits per heavy atom. The average molecular weight is 274 g/mol. The number of hydrogen-bond donors (Lipinski definition) is 2. The van der Waals surface area contributed by atoms with Crippen molar-refractivity contribution in [1.82, 2.24) is 20.8 Å². The summed E-state index contributed by atoms with van der Waals surface area (Å²) in [5, 5.41) is 9.55. The summed E-state index contributed by atoms with van der Waals surface area (Å²) in [7, 11) is 1.73. The molecule has 1 amide bonds. The average Bonchev–Trinajstić information content (AvgIpc) is 2.96. The molecular weight excluding hydrogens is 256 g/mol. The molecule has 0 aliphatic carbocycles. The molecule has 1 aromatic carbocycles. The Bertz CT molecular complexity index is 553. The summed E-state index contributed by atoms with van der Waals surface area (Å²) in [6.07, 6.45) is 0. The first-order valence-electron chi connectivity index (χ1n) is 6.51. The lowest BCUT2D eigenvalue weighted by Crippen LogP contribution is -2.34. The Kier molecular flexibility index (Phi) is 4.84. The maximum absolute atomic E-state index is 11.4. The molecule has 1 aromatic heterocycles. The van der Waals surface area contributed by atoms with Crippen LogP contribution in [0.3, 0.4) is 0 Å². The molecule has 0 saturated heterocycles. The van der Waals surface area contributed by atoms with E-state index in [0.717, 1.165) is 5.56 Å². The number of carbonyl (C=O) groups excluding carboxylic acids is 1. The first-order valence-corrected chi connectivity index (χ1v) is 6.51. The van der Waals surface area contributed by atoms with Crippen molar-refractivity contribution in [3.8, 4) is 11.4 Å². The zero-order valence-electron chi connectivity index (χ0n) is 11.6. The van der Waals surface area contributed by atoms with E-state index >= 15 is 0 Å². The van der Waals surface area contributed by atoms with Crippen molar-refractivity contribution in [3.63, 3.8) is 0 Å². The standard InChI is InChI=1S/C14H18N4O2/c1-10(8-16-12(19)9-15-2)14-17-13(18-20-14)11-6-4-3-5-7-11/h3-7,10,15H,8-9H2,1-2H3,(H,16,19). The van der Waals surface area contributed by atoms with E-state index in [9.17, 15) is 4.79 Å². The molecule has 0 fully saturated rings. The Labute approximate surface area is 117 Å². The number of carbonyl (C=O) groups is 1. The van der Waals surface area contributed by atoms with Crippen LogP contribution in [0, 0.1) is 0 Å². The van der Waals surface area contributed by atoms with E-state index in [1.165, 1.54) is 0 Å². The molecule has 0 radical (unpaired) electrons. The molecule has 0 bridgehead atoms. The lowest BCUT2D eigenvalue weighted by Gasteiger charge is -2.08. The van der Waals surface area contributed by atoms with Crippen molar-refractivity contribution in [3.05, 3.63) is 36.2 Å². The van der Waals surface area contributed by atoms with Gasteiger partial charge in [0.05, 0.1) is 12.5 Å². The van der Waals surface area contributed by atoms with Crippen LogP contribution in [-0.2, 0) is 4.79 Å². The van der Waals surface area contributed by atoms with Crippen LogP contribution in [0.1, 0.15) is 18.7 Å². The second kappa shape index (κ2) is 6.81. The zero-order valence-corrected chi connectivity index (χ0v) is 11.6. The third kappa shape index (κ3) is 3.64. The number of aromatic nitrogens is 2. The maximum atomic E-state index is 11.4. The molecule has 6 nitrogen and oxygen atoms in total. The Balaban J connectivity index is 1.96. The van der Waals surface area contributed by atoms with E-state index in [1.807, 2.05) is 37.3 Å². The van der Waals surface area contributed by atoms with Gasteiger partial charge in [-0.2, -0.15) is 4.98 Å². The minimum atomic E-state index is -0.0536. The monoisotopic (exact) mass is 274 g/mol. The largest absolute Gasteiger partial charge is 0.354 e. The van der Waals surface area contributed by atoms with E-state index in [0.29, 0.717) is 24.8 Å². The molecule has 0 saturated carbocycles. The summed E-state index contributed by atoms with van der Waals surface area (Å²) >= 11 is 0. The molecule has 106 valence electrons. The van der Waals surface area contributed by atoms with Crippen molar-refractivity contribution in [2.75, 3.05) is 20.1 Å². The fourth-order valence-corrected chi connectivity index (χ4v) is 1.72. The smallest absolute Gasteiger partial charge is 0.233 e. The minimum Gasteiger partial charge on any atom is -0.354 e. The molecule has 2 rings (SSSR count). The number of nitrogens with one attached hydrogen (secondary N) is 2. The normalized spacial score (nSPS) is 12.1. The fourth-order valence-electron chi connectivity index (χ4n) is 1.72. The van der Waals surface area contributed by atoms with E-state index in [1.54, 1.807) is 7.05 Å². The minimum absolute atomic E-state index is 0.0271. The highest BCUT2D eigenvalue weighted by Crippen LogP contribution is 2.18. The van der Waals surface area contributed by atoms with Gasteiger partial charge in [0, 0.05) is 12.1 Å². The number of nitrogens with zero attached hydrogens (tertiary/aromatic N) is 2. The highest BCUT2D eigenvalue weighted by Gasteiger charge is 2.15. The molecule has 6 heteroatoms. The van der Waals surface area contributed by atoms with Crippen LogP contribution < -0.4 is 10.6 Å². The van der Waals surface area contributed by atoms with E-state index in [2.05, 4.69) is 20.8 Å². The first kappa shape index (κ1) is 14.2. The summed E-state index contributed by atoms with van der Waals surface area (Å²) in [6.45, 7) is 2.70. The Hall–Kier alpha value is -2.21. The summed E-state index contributed by atoms with van der Waals surface area (Å²) in [5.74, 6) is 1.01. The van der Waals surface area contributed by atoms with Gasteiger partial charge in [0.25, 0.3) is 0 Å².